The number of carbonyl (C=O) groups excluding carboxylic acids is 1. The van der Waals surface area contributed by atoms with Crippen molar-refractivity contribution >= 4 is 33.2 Å². The minimum Gasteiger partial charge on any atom is -0.506 e. The molecule has 18 heavy (non-hydrogen) atoms. The molecule has 0 spiro atoms. The standard InChI is InChI=1S/C11H13BrN2O4/c1-6(2)10(12)11(16)13-8-4-3-7(14(17)18)5-9(8)15/h3-6,10,15H,1-2H3,(H,13,16). The van der Waals surface area contributed by atoms with E-state index in [4.69, 9.17) is 0 Å². The lowest BCUT2D eigenvalue weighted by Gasteiger charge is -2.14. The molecule has 0 aromatic heterocycles. The molecule has 0 aliphatic carbocycles. The highest BCUT2D eigenvalue weighted by molar-refractivity contribution is 9.10. The second-order valence-electron chi connectivity index (χ2n) is 4.09. The molecule has 0 fully saturated rings. The number of nitrogens with one attached hydrogen (secondary N) is 1. The second kappa shape index (κ2) is 5.81. The van der Waals surface area contributed by atoms with E-state index in [0.717, 1.165) is 6.07 Å². The van der Waals surface area contributed by atoms with Gasteiger partial charge in [-0.25, -0.2) is 0 Å². The smallest absolute Gasteiger partial charge is 0.273 e. The van der Waals surface area contributed by atoms with Crippen LogP contribution in [0.1, 0.15) is 13.8 Å². The molecule has 0 bridgehead atoms. The van der Waals surface area contributed by atoms with Crippen molar-refractivity contribution in [1.82, 2.24) is 0 Å². The lowest BCUT2D eigenvalue weighted by molar-refractivity contribution is -0.384. The number of nitro groups is 1. The van der Waals surface area contributed by atoms with Crippen molar-refractivity contribution in [1.29, 1.82) is 0 Å². The van der Waals surface area contributed by atoms with Crippen LogP contribution in [0.2, 0.25) is 0 Å². The number of anilines is 1. The van der Waals surface area contributed by atoms with E-state index < -0.39 is 9.75 Å². The first-order chi connectivity index (χ1) is 8.32. The molecule has 0 saturated carbocycles. The Hall–Kier alpha value is -1.63. The summed E-state index contributed by atoms with van der Waals surface area (Å²) in [7, 11) is 0. The zero-order valence-corrected chi connectivity index (χ0v) is 11.5. The first kappa shape index (κ1) is 14.4. The Bertz CT molecular complexity index is 476. The zero-order valence-electron chi connectivity index (χ0n) is 9.88. The topological polar surface area (TPSA) is 92.5 Å². The third-order valence-corrected chi connectivity index (χ3v) is 3.76. The molecule has 1 aromatic rings. The van der Waals surface area contributed by atoms with E-state index in [1.54, 1.807) is 0 Å². The Morgan fingerprint density at radius 1 is 1.50 bits per heavy atom. The number of phenolic OH excluding ortho intramolecular Hbond substituents is 1. The summed E-state index contributed by atoms with van der Waals surface area (Å²) < 4.78 is 0. The van der Waals surface area contributed by atoms with Crippen molar-refractivity contribution in [2.75, 3.05) is 5.32 Å². The Morgan fingerprint density at radius 3 is 2.56 bits per heavy atom. The number of nitro benzene ring substituents is 1. The van der Waals surface area contributed by atoms with Crippen molar-refractivity contribution in [3.63, 3.8) is 0 Å². The highest BCUT2D eigenvalue weighted by Gasteiger charge is 2.20. The summed E-state index contributed by atoms with van der Waals surface area (Å²) in [6, 6.07) is 3.51. The quantitative estimate of drug-likeness (QED) is 0.386. The minimum absolute atomic E-state index is 0.0881. The molecule has 1 atom stereocenters. The number of amides is 1. The molecule has 1 amide bonds. The highest BCUT2D eigenvalue weighted by Crippen LogP contribution is 2.28. The number of phenols is 1. The van der Waals surface area contributed by atoms with Crippen molar-refractivity contribution < 1.29 is 14.8 Å². The van der Waals surface area contributed by atoms with Crippen molar-refractivity contribution in [2.24, 2.45) is 5.92 Å². The van der Waals surface area contributed by atoms with Crippen LogP contribution < -0.4 is 5.32 Å². The maximum absolute atomic E-state index is 11.7. The van der Waals surface area contributed by atoms with E-state index in [1.807, 2.05) is 13.8 Å². The summed E-state index contributed by atoms with van der Waals surface area (Å²) in [4.78, 5) is 21.2. The Kier molecular flexibility index (Phi) is 4.66. The Labute approximate surface area is 112 Å². The van der Waals surface area contributed by atoms with Gasteiger partial charge < -0.3 is 10.4 Å². The molecule has 1 rings (SSSR count). The van der Waals surface area contributed by atoms with Crippen LogP contribution in [-0.2, 0) is 4.79 Å². The van der Waals surface area contributed by atoms with Crippen LogP contribution in [-0.4, -0.2) is 20.8 Å². The van der Waals surface area contributed by atoms with Crippen LogP contribution in [0.15, 0.2) is 18.2 Å². The summed E-state index contributed by atoms with van der Waals surface area (Å²) in [6.45, 7) is 3.74. The summed E-state index contributed by atoms with van der Waals surface area (Å²) in [5.41, 5.74) is -0.0829. The molecule has 1 aromatic carbocycles. The van der Waals surface area contributed by atoms with Crippen LogP contribution in [0.25, 0.3) is 0 Å². The second-order valence-corrected chi connectivity index (χ2v) is 5.08. The van der Waals surface area contributed by atoms with Crippen molar-refractivity contribution in [3.05, 3.63) is 28.3 Å². The van der Waals surface area contributed by atoms with Crippen molar-refractivity contribution in [2.45, 2.75) is 18.7 Å². The van der Waals surface area contributed by atoms with Gasteiger partial charge in [-0.3, -0.25) is 14.9 Å². The number of hydrogen-bond donors (Lipinski definition) is 2. The number of hydrogen-bond acceptors (Lipinski definition) is 4. The summed E-state index contributed by atoms with van der Waals surface area (Å²) in [5, 5.41) is 22.6. The van der Waals surface area contributed by atoms with Gasteiger partial charge in [-0.15, -0.1) is 0 Å². The monoisotopic (exact) mass is 316 g/mol. The van der Waals surface area contributed by atoms with E-state index in [-0.39, 0.29) is 28.9 Å². The minimum atomic E-state index is -0.618. The van der Waals surface area contributed by atoms with Gasteiger partial charge in [-0.05, 0) is 12.0 Å². The molecule has 0 radical (unpaired) electrons. The molecule has 0 saturated heterocycles. The van der Waals surface area contributed by atoms with E-state index in [2.05, 4.69) is 21.2 Å². The maximum atomic E-state index is 11.7. The third-order valence-electron chi connectivity index (χ3n) is 2.29. The number of nitrogens with zero attached hydrogens (tertiary/aromatic N) is 1. The Balaban J connectivity index is 2.86. The van der Waals surface area contributed by atoms with E-state index >= 15 is 0 Å². The van der Waals surface area contributed by atoms with E-state index in [1.165, 1.54) is 12.1 Å². The molecule has 0 aliphatic heterocycles. The number of rotatable bonds is 4. The molecule has 2 N–H and O–H groups in total. The first-order valence-corrected chi connectivity index (χ1v) is 6.17. The molecule has 0 heterocycles. The number of aromatic hydroxyl groups is 1. The summed E-state index contributed by atoms with van der Waals surface area (Å²) in [5.74, 6) is -0.555. The highest BCUT2D eigenvalue weighted by atomic mass is 79.9. The summed E-state index contributed by atoms with van der Waals surface area (Å²) in [6.07, 6.45) is 0. The van der Waals surface area contributed by atoms with Crippen molar-refractivity contribution in [3.8, 4) is 5.75 Å². The number of carbonyl (C=O) groups is 1. The van der Waals surface area contributed by atoms with Gasteiger partial charge in [0.25, 0.3) is 5.69 Å². The first-order valence-electron chi connectivity index (χ1n) is 5.25. The van der Waals surface area contributed by atoms with Gasteiger partial charge in [0.15, 0.2) is 0 Å². The van der Waals surface area contributed by atoms with Gasteiger partial charge in [-0.2, -0.15) is 0 Å². The molecule has 1 unspecified atom stereocenters. The maximum Gasteiger partial charge on any atom is 0.273 e. The number of alkyl halides is 1. The predicted molar refractivity (Wildman–Crippen MR) is 70.9 cm³/mol. The van der Waals surface area contributed by atoms with E-state index in [9.17, 15) is 20.0 Å². The van der Waals surface area contributed by atoms with Crippen LogP contribution in [0.3, 0.4) is 0 Å². The number of halogens is 1. The zero-order chi connectivity index (χ0) is 13.9. The normalized spacial score (nSPS) is 12.2. The van der Waals surface area contributed by atoms with Gasteiger partial charge >= 0.3 is 0 Å². The molecular weight excluding hydrogens is 304 g/mol. The van der Waals surface area contributed by atoms with Crippen LogP contribution in [0.5, 0.6) is 5.75 Å². The third kappa shape index (κ3) is 3.43. The fourth-order valence-corrected chi connectivity index (χ4v) is 1.36. The molecule has 7 heteroatoms. The average Bonchev–Trinajstić information content (AvgIpc) is 2.30. The summed E-state index contributed by atoms with van der Waals surface area (Å²) >= 11 is 3.23. The number of benzene rings is 1. The SMILES string of the molecule is CC(C)C(Br)C(=O)Nc1ccc([N+](=O)[O-])cc1O. The number of non-ortho nitro benzene ring substituents is 1. The average molecular weight is 317 g/mol. The molecule has 0 aliphatic rings. The van der Waals surface area contributed by atoms with E-state index in [0.29, 0.717) is 0 Å². The van der Waals surface area contributed by atoms with Gasteiger partial charge in [0.05, 0.1) is 21.5 Å². The largest absolute Gasteiger partial charge is 0.506 e. The molecular formula is C11H13BrN2O4. The van der Waals surface area contributed by atoms with Crippen LogP contribution in [0.4, 0.5) is 11.4 Å². The van der Waals surface area contributed by atoms with Gasteiger partial charge in [0.2, 0.25) is 5.91 Å². The molecule has 6 nitrogen and oxygen atoms in total. The lowest BCUT2D eigenvalue weighted by Crippen LogP contribution is -2.27. The van der Waals surface area contributed by atoms with Gasteiger partial charge in [-0.1, -0.05) is 29.8 Å². The predicted octanol–water partition coefficient (Wildman–Crippen LogP) is 2.66. The fourth-order valence-electron chi connectivity index (χ4n) is 1.24. The Morgan fingerprint density at radius 2 is 2.11 bits per heavy atom. The molecule has 98 valence electrons. The van der Waals surface area contributed by atoms with Crippen LogP contribution >= 0.6 is 15.9 Å². The van der Waals surface area contributed by atoms with Gasteiger partial charge in [0, 0.05) is 6.07 Å². The van der Waals surface area contributed by atoms with Gasteiger partial charge in [0.1, 0.15) is 5.75 Å². The fraction of sp³-hybridized carbons (Fsp3) is 0.364. The lowest BCUT2D eigenvalue weighted by atomic mass is 10.1. The van der Waals surface area contributed by atoms with Crippen LogP contribution in [0, 0.1) is 16.0 Å².